The Kier molecular flexibility index (Phi) is 6.24. The van der Waals surface area contributed by atoms with E-state index in [4.69, 9.17) is 5.73 Å². The van der Waals surface area contributed by atoms with E-state index in [-0.39, 0.29) is 6.04 Å². The van der Waals surface area contributed by atoms with Crippen LogP contribution in [0.3, 0.4) is 0 Å². The predicted molar refractivity (Wildman–Crippen MR) is 90.3 cm³/mol. The molecule has 3 heteroatoms. The second-order valence-corrected chi connectivity index (χ2v) is 6.04. The van der Waals surface area contributed by atoms with Crippen LogP contribution in [0, 0.1) is 0 Å². The van der Waals surface area contributed by atoms with Crippen LogP contribution in [0.25, 0.3) is 10.9 Å². The largest absolute Gasteiger partial charge is 0.323 e. The molecule has 21 heavy (non-hydrogen) atoms. The number of aromatic nitrogens is 2. The first-order chi connectivity index (χ1) is 10.2. The lowest BCUT2D eigenvalue weighted by atomic mass is 10.0. The maximum atomic E-state index is 6.36. The second-order valence-electron chi connectivity index (χ2n) is 6.04. The van der Waals surface area contributed by atoms with Crippen LogP contribution < -0.4 is 5.73 Å². The van der Waals surface area contributed by atoms with Gasteiger partial charge in [0.05, 0.1) is 11.2 Å². The van der Waals surface area contributed by atoms with Gasteiger partial charge in [0.25, 0.3) is 0 Å². The Morgan fingerprint density at radius 1 is 1.05 bits per heavy atom. The number of hydrogen-bond acceptors (Lipinski definition) is 2. The molecule has 1 aromatic carbocycles. The number of hydrogen-bond donors (Lipinski definition) is 1. The Morgan fingerprint density at radius 3 is 2.48 bits per heavy atom. The van der Waals surface area contributed by atoms with E-state index in [0.29, 0.717) is 0 Å². The van der Waals surface area contributed by atoms with Crippen LogP contribution in [-0.4, -0.2) is 9.78 Å². The molecule has 0 amide bonds. The van der Waals surface area contributed by atoms with Gasteiger partial charge in [0.15, 0.2) is 0 Å². The number of fused-ring (bicyclic) bond motifs is 1. The number of rotatable bonds is 9. The highest BCUT2D eigenvalue weighted by atomic mass is 15.3. The average Bonchev–Trinajstić information content (AvgIpc) is 2.84. The van der Waals surface area contributed by atoms with Crippen molar-refractivity contribution in [3.05, 3.63) is 30.0 Å². The zero-order chi connectivity index (χ0) is 15.1. The molecule has 0 aliphatic carbocycles. The fourth-order valence-corrected chi connectivity index (χ4v) is 2.97. The molecule has 0 aliphatic heterocycles. The molecule has 1 atom stereocenters. The van der Waals surface area contributed by atoms with Crippen LogP contribution in [0.5, 0.6) is 0 Å². The van der Waals surface area contributed by atoms with E-state index in [1.165, 1.54) is 55.8 Å². The lowest BCUT2D eigenvalue weighted by molar-refractivity contribution is 0.533. The minimum atomic E-state index is 0.0618. The van der Waals surface area contributed by atoms with Crippen molar-refractivity contribution < 1.29 is 0 Å². The summed E-state index contributed by atoms with van der Waals surface area (Å²) in [5.74, 6) is 0. The highest BCUT2D eigenvalue weighted by molar-refractivity contribution is 5.82. The van der Waals surface area contributed by atoms with Crippen LogP contribution >= 0.6 is 0 Å². The summed E-state index contributed by atoms with van der Waals surface area (Å²) < 4.78 is 1.94. The van der Waals surface area contributed by atoms with Crippen LogP contribution in [0.4, 0.5) is 0 Å². The lowest BCUT2D eigenvalue weighted by Gasteiger charge is -2.09. The first kappa shape index (κ1) is 16.0. The third kappa shape index (κ3) is 4.31. The van der Waals surface area contributed by atoms with Crippen LogP contribution in [0.1, 0.15) is 70.0 Å². The van der Waals surface area contributed by atoms with E-state index in [9.17, 15) is 0 Å². The molecule has 2 aromatic rings. The Hall–Kier alpha value is -1.35. The monoisotopic (exact) mass is 287 g/mol. The van der Waals surface area contributed by atoms with E-state index in [2.05, 4.69) is 36.3 Å². The molecular formula is C18H29N3. The highest BCUT2D eigenvalue weighted by Gasteiger charge is 2.14. The summed E-state index contributed by atoms with van der Waals surface area (Å²) >= 11 is 0. The van der Waals surface area contributed by atoms with Gasteiger partial charge in [0, 0.05) is 18.5 Å². The Labute approximate surface area is 128 Å². The lowest BCUT2D eigenvalue weighted by Crippen LogP contribution is -2.11. The molecule has 1 heterocycles. The number of para-hydroxylation sites is 1. The molecule has 0 spiro atoms. The number of benzene rings is 1. The fraction of sp³-hybridized carbons (Fsp3) is 0.611. The zero-order valence-corrected chi connectivity index (χ0v) is 13.5. The van der Waals surface area contributed by atoms with E-state index < -0.39 is 0 Å². The summed E-state index contributed by atoms with van der Waals surface area (Å²) in [6.45, 7) is 2.26. The van der Waals surface area contributed by atoms with E-state index in [1.54, 1.807) is 0 Å². The fourth-order valence-electron chi connectivity index (χ4n) is 2.97. The molecule has 116 valence electrons. The van der Waals surface area contributed by atoms with Gasteiger partial charge in [-0.15, -0.1) is 0 Å². The first-order valence-corrected chi connectivity index (χ1v) is 8.41. The molecule has 0 fully saturated rings. The Bertz CT molecular complexity index is 544. The summed E-state index contributed by atoms with van der Waals surface area (Å²) in [6, 6.07) is 8.41. The maximum Gasteiger partial charge on any atom is 0.0870 e. The molecule has 0 bridgehead atoms. The topological polar surface area (TPSA) is 43.8 Å². The maximum absolute atomic E-state index is 6.36. The van der Waals surface area contributed by atoms with Crippen molar-refractivity contribution in [2.45, 2.75) is 64.3 Å². The number of aryl methyl sites for hydroxylation is 1. The van der Waals surface area contributed by atoms with Gasteiger partial charge in [-0.25, -0.2) is 0 Å². The van der Waals surface area contributed by atoms with Gasteiger partial charge in [-0.05, 0) is 12.5 Å². The average molecular weight is 287 g/mol. The van der Waals surface area contributed by atoms with Gasteiger partial charge in [0.1, 0.15) is 0 Å². The minimum absolute atomic E-state index is 0.0618. The number of nitrogens with zero attached hydrogens (tertiary/aromatic N) is 2. The van der Waals surface area contributed by atoms with Gasteiger partial charge in [-0.3, -0.25) is 4.68 Å². The van der Waals surface area contributed by atoms with E-state index in [1.807, 2.05) is 11.7 Å². The van der Waals surface area contributed by atoms with Gasteiger partial charge >= 0.3 is 0 Å². The van der Waals surface area contributed by atoms with E-state index in [0.717, 1.165) is 12.1 Å². The van der Waals surface area contributed by atoms with Crippen molar-refractivity contribution in [3.8, 4) is 0 Å². The molecular weight excluding hydrogens is 258 g/mol. The smallest absolute Gasteiger partial charge is 0.0870 e. The third-order valence-corrected chi connectivity index (χ3v) is 4.26. The van der Waals surface area contributed by atoms with Gasteiger partial charge in [-0.2, -0.15) is 5.10 Å². The summed E-state index contributed by atoms with van der Waals surface area (Å²) in [4.78, 5) is 0. The Morgan fingerprint density at radius 2 is 1.71 bits per heavy atom. The number of nitrogens with two attached hydrogens (primary N) is 1. The summed E-state index contributed by atoms with van der Waals surface area (Å²) in [5.41, 5.74) is 8.58. The van der Waals surface area contributed by atoms with Gasteiger partial charge in [-0.1, -0.05) is 70.1 Å². The molecule has 0 radical (unpaired) electrons. The summed E-state index contributed by atoms with van der Waals surface area (Å²) in [6.07, 6.45) is 10.3. The summed E-state index contributed by atoms with van der Waals surface area (Å²) in [7, 11) is 1.99. The normalized spacial score (nSPS) is 12.9. The van der Waals surface area contributed by atoms with Crippen LogP contribution in [0.2, 0.25) is 0 Å². The van der Waals surface area contributed by atoms with Crippen LogP contribution in [0.15, 0.2) is 24.3 Å². The Balaban J connectivity index is 1.81. The van der Waals surface area contributed by atoms with Crippen molar-refractivity contribution in [3.63, 3.8) is 0 Å². The molecule has 2 N–H and O–H groups in total. The highest BCUT2D eigenvalue weighted by Crippen LogP contribution is 2.25. The van der Waals surface area contributed by atoms with Crippen molar-refractivity contribution in [1.82, 2.24) is 9.78 Å². The predicted octanol–water partition coefficient (Wildman–Crippen LogP) is 4.71. The quantitative estimate of drug-likeness (QED) is 0.678. The molecule has 2 rings (SSSR count). The molecule has 0 saturated carbocycles. The SMILES string of the molecule is CCCCCCCCCC(N)c1nn(C)c2ccccc12. The zero-order valence-electron chi connectivity index (χ0n) is 13.5. The first-order valence-electron chi connectivity index (χ1n) is 8.41. The molecule has 1 aromatic heterocycles. The molecule has 0 saturated heterocycles. The molecule has 3 nitrogen and oxygen atoms in total. The van der Waals surface area contributed by atoms with Crippen LogP contribution in [-0.2, 0) is 7.05 Å². The van der Waals surface area contributed by atoms with Gasteiger partial charge < -0.3 is 5.73 Å². The summed E-state index contributed by atoms with van der Waals surface area (Å²) in [5, 5.41) is 5.82. The van der Waals surface area contributed by atoms with Crippen molar-refractivity contribution >= 4 is 10.9 Å². The van der Waals surface area contributed by atoms with Crippen molar-refractivity contribution in [2.75, 3.05) is 0 Å². The minimum Gasteiger partial charge on any atom is -0.323 e. The van der Waals surface area contributed by atoms with Crippen molar-refractivity contribution in [2.24, 2.45) is 12.8 Å². The molecule has 1 unspecified atom stereocenters. The molecule has 0 aliphatic rings. The number of unbranched alkanes of at least 4 members (excludes halogenated alkanes) is 6. The second kappa shape index (κ2) is 8.18. The van der Waals surface area contributed by atoms with Gasteiger partial charge in [0.2, 0.25) is 0 Å². The standard InChI is InChI=1S/C18H29N3/c1-3-4-5-6-7-8-9-13-16(19)18-15-12-10-11-14-17(15)21(2)20-18/h10-12,14,16H,3-9,13,19H2,1-2H3. The van der Waals surface area contributed by atoms with Crippen molar-refractivity contribution in [1.29, 1.82) is 0 Å². The third-order valence-electron chi connectivity index (χ3n) is 4.26. The van der Waals surface area contributed by atoms with E-state index >= 15 is 0 Å².